The highest BCUT2D eigenvalue weighted by Gasteiger charge is 2.12. The van der Waals surface area contributed by atoms with Crippen LogP contribution < -0.4 is 11.2 Å². The lowest BCUT2D eigenvalue weighted by Crippen LogP contribution is -2.23. The molecule has 0 aliphatic carbocycles. The Morgan fingerprint density at radius 1 is 1.12 bits per heavy atom. The molecule has 0 bridgehead atoms. The van der Waals surface area contributed by atoms with Crippen LogP contribution in [0.5, 0.6) is 0 Å². The largest absolute Gasteiger partial charge is 0.326 e. The minimum Gasteiger partial charge on any atom is -0.305 e. The van der Waals surface area contributed by atoms with Crippen molar-refractivity contribution in [3.05, 3.63) is 80.8 Å². The summed E-state index contributed by atoms with van der Waals surface area (Å²) in [5.41, 5.74) is 3.10. The number of benzene rings is 1. The number of aromatic nitrogens is 5. The van der Waals surface area contributed by atoms with E-state index in [2.05, 4.69) is 20.1 Å². The molecule has 4 rings (SSSR count). The smallest absolute Gasteiger partial charge is 0.305 e. The summed E-state index contributed by atoms with van der Waals surface area (Å²) in [6.07, 6.45) is 3.63. The molecule has 0 atom stereocenters. The molecule has 7 heteroatoms. The fraction of sp³-hybridized carbons (Fsp3) is 0.111. The second-order valence-electron chi connectivity index (χ2n) is 5.82. The van der Waals surface area contributed by atoms with E-state index >= 15 is 0 Å². The molecule has 0 fully saturated rings. The molecule has 25 heavy (non-hydrogen) atoms. The lowest BCUT2D eigenvalue weighted by molar-refractivity contribution is 0.687. The van der Waals surface area contributed by atoms with Crippen LogP contribution in [0, 0.1) is 6.92 Å². The van der Waals surface area contributed by atoms with E-state index in [-0.39, 0.29) is 5.52 Å². The minimum atomic E-state index is -0.533. The predicted molar refractivity (Wildman–Crippen MR) is 94.5 cm³/mol. The number of aryl methyl sites for hydroxylation is 1. The van der Waals surface area contributed by atoms with Crippen LogP contribution in [0.25, 0.3) is 22.3 Å². The Labute approximate surface area is 142 Å². The Morgan fingerprint density at radius 3 is 2.76 bits per heavy atom. The summed E-state index contributed by atoms with van der Waals surface area (Å²) < 4.78 is 1.83. The SMILES string of the molecule is Cc1cc(-c2ccccc2Cn2cccn2)nc2c(=O)[nH]c(=O)[nH]c12. The second kappa shape index (κ2) is 5.86. The molecule has 7 nitrogen and oxygen atoms in total. The average Bonchev–Trinajstić information content (AvgIpc) is 3.09. The minimum absolute atomic E-state index is 0.225. The van der Waals surface area contributed by atoms with Crippen LogP contribution in [0.3, 0.4) is 0 Å². The molecule has 2 N–H and O–H groups in total. The highest BCUT2D eigenvalue weighted by atomic mass is 16.2. The molecular weight excluding hydrogens is 318 g/mol. The van der Waals surface area contributed by atoms with Crippen molar-refractivity contribution in [2.75, 3.05) is 0 Å². The number of rotatable bonds is 3. The van der Waals surface area contributed by atoms with Gasteiger partial charge in [0.2, 0.25) is 0 Å². The number of hydrogen-bond acceptors (Lipinski definition) is 4. The molecule has 0 radical (unpaired) electrons. The van der Waals surface area contributed by atoms with Gasteiger partial charge in [0.25, 0.3) is 5.56 Å². The summed E-state index contributed by atoms with van der Waals surface area (Å²) in [6.45, 7) is 2.45. The fourth-order valence-corrected chi connectivity index (χ4v) is 2.92. The number of pyridine rings is 1. The van der Waals surface area contributed by atoms with Gasteiger partial charge in [0.05, 0.1) is 17.8 Å². The summed E-state index contributed by atoms with van der Waals surface area (Å²) in [4.78, 5) is 33.0. The Morgan fingerprint density at radius 2 is 1.96 bits per heavy atom. The first-order valence-electron chi connectivity index (χ1n) is 7.81. The zero-order valence-electron chi connectivity index (χ0n) is 13.5. The number of fused-ring (bicyclic) bond motifs is 1. The van der Waals surface area contributed by atoms with E-state index in [1.165, 1.54) is 0 Å². The van der Waals surface area contributed by atoms with Crippen molar-refractivity contribution in [3.63, 3.8) is 0 Å². The summed E-state index contributed by atoms with van der Waals surface area (Å²) in [5.74, 6) is 0. The number of aromatic amines is 2. The molecule has 1 aromatic carbocycles. The van der Waals surface area contributed by atoms with Crippen LogP contribution in [-0.2, 0) is 6.54 Å². The van der Waals surface area contributed by atoms with E-state index in [1.54, 1.807) is 6.20 Å². The predicted octanol–water partition coefficient (Wildman–Crippen LogP) is 1.83. The maximum Gasteiger partial charge on any atom is 0.326 e. The Hall–Kier alpha value is -3.48. The third-order valence-corrected chi connectivity index (χ3v) is 4.08. The van der Waals surface area contributed by atoms with Gasteiger partial charge in [-0.25, -0.2) is 9.78 Å². The van der Waals surface area contributed by atoms with E-state index < -0.39 is 11.2 Å². The first kappa shape index (κ1) is 15.1. The molecule has 0 saturated heterocycles. The highest BCUT2D eigenvalue weighted by Crippen LogP contribution is 2.25. The number of H-pyrrole nitrogens is 2. The van der Waals surface area contributed by atoms with E-state index in [0.29, 0.717) is 17.8 Å². The maximum absolute atomic E-state index is 12.1. The van der Waals surface area contributed by atoms with Crippen molar-refractivity contribution in [1.82, 2.24) is 24.7 Å². The monoisotopic (exact) mass is 333 g/mol. The van der Waals surface area contributed by atoms with Gasteiger partial charge in [-0.15, -0.1) is 0 Å². The Bertz CT molecular complexity index is 1170. The third kappa shape index (κ3) is 2.76. The van der Waals surface area contributed by atoms with Crippen LogP contribution in [-0.4, -0.2) is 24.7 Å². The van der Waals surface area contributed by atoms with Gasteiger partial charge in [-0.05, 0) is 30.2 Å². The maximum atomic E-state index is 12.1. The van der Waals surface area contributed by atoms with E-state index in [0.717, 1.165) is 16.7 Å². The average molecular weight is 333 g/mol. The van der Waals surface area contributed by atoms with Crippen molar-refractivity contribution in [3.8, 4) is 11.3 Å². The van der Waals surface area contributed by atoms with Crippen molar-refractivity contribution < 1.29 is 0 Å². The van der Waals surface area contributed by atoms with E-state index in [1.807, 2.05) is 54.2 Å². The molecule has 3 aromatic heterocycles. The quantitative estimate of drug-likeness (QED) is 0.598. The van der Waals surface area contributed by atoms with Crippen molar-refractivity contribution in [1.29, 1.82) is 0 Å². The molecular formula is C18H15N5O2. The van der Waals surface area contributed by atoms with Gasteiger partial charge in [0.1, 0.15) is 0 Å². The van der Waals surface area contributed by atoms with Crippen LogP contribution in [0.2, 0.25) is 0 Å². The summed E-state index contributed by atoms with van der Waals surface area (Å²) >= 11 is 0. The Balaban J connectivity index is 1.91. The van der Waals surface area contributed by atoms with Gasteiger partial charge in [-0.2, -0.15) is 5.10 Å². The van der Waals surface area contributed by atoms with Gasteiger partial charge in [-0.1, -0.05) is 24.3 Å². The van der Waals surface area contributed by atoms with Gasteiger partial charge in [0, 0.05) is 18.0 Å². The van der Waals surface area contributed by atoms with E-state index in [9.17, 15) is 9.59 Å². The van der Waals surface area contributed by atoms with Crippen molar-refractivity contribution in [2.24, 2.45) is 0 Å². The summed E-state index contributed by atoms with van der Waals surface area (Å²) in [7, 11) is 0. The van der Waals surface area contributed by atoms with Crippen molar-refractivity contribution >= 4 is 11.0 Å². The molecule has 0 saturated carbocycles. The first-order chi connectivity index (χ1) is 12.1. The van der Waals surface area contributed by atoms with Gasteiger partial charge < -0.3 is 4.98 Å². The highest BCUT2D eigenvalue weighted by molar-refractivity contribution is 5.81. The van der Waals surface area contributed by atoms with Gasteiger partial charge >= 0.3 is 5.69 Å². The lowest BCUT2D eigenvalue weighted by Gasteiger charge is -2.11. The first-order valence-corrected chi connectivity index (χ1v) is 7.81. The molecule has 124 valence electrons. The standard InChI is InChI=1S/C18H15N5O2/c1-11-9-14(20-16-15(11)21-18(25)22-17(16)24)13-6-3-2-5-12(13)10-23-8-4-7-19-23/h2-9H,10H2,1H3,(H2,21,22,24,25). The summed E-state index contributed by atoms with van der Waals surface area (Å²) in [6, 6.07) is 11.6. The van der Waals surface area contributed by atoms with Crippen LogP contribution >= 0.6 is 0 Å². The molecule has 0 unspecified atom stereocenters. The second-order valence-corrected chi connectivity index (χ2v) is 5.82. The van der Waals surface area contributed by atoms with Crippen LogP contribution in [0.15, 0.2) is 58.4 Å². The van der Waals surface area contributed by atoms with Crippen molar-refractivity contribution in [2.45, 2.75) is 13.5 Å². The molecule has 0 spiro atoms. The zero-order valence-corrected chi connectivity index (χ0v) is 13.5. The van der Waals surface area contributed by atoms with Gasteiger partial charge in [-0.3, -0.25) is 14.5 Å². The van der Waals surface area contributed by atoms with Crippen LogP contribution in [0.1, 0.15) is 11.1 Å². The number of nitrogens with one attached hydrogen (secondary N) is 2. The molecule has 0 amide bonds. The number of nitrogens with zero attached hydrogens (tertiary/aromatic N) is 3. The topological polar surface area (TPSA) is 96.4 Å². The van der Waals surface area contributed by atoms with E-state index in [4.69, 9.17) is 0 Å². The summed E-state index contributed by atoms with van der Waals surface area (Å²) in [5, 5.41) is 4.24. The molecule has 0 aliphatic heterocycles. The molecule has 0 aliphatic rings. The third-order valence-electron chi connectivity index (χ3n) is 4.08. The fourth-order valence-electron chi connectivity index (χ4n) is 2.92. The van der Waals surface area contributed by atoms with Gasteiger partial charge in [0.15, 0.2) is 5.52 Å². The molecule has 4 aromatic rings. The normalized spacial score (nSPS) is 11.1. The van der Waals surface area contributed by atoms with Crippen LogP contribution in [0.4, 0.5) is 0 Å². The number of hydrogen-bond donors (Lipinski definition) is 2. The lowest BCUT2D eigenvalue weighted by atomic mass is 10.0. The molecule has 3 heterocycles. The Kier molecular flexibility index (Phi) is 3.53. The zero-order chi connectivity index (χ0) is 17.4.